The highest BCUT2D eigenvalue weighted by Crippen LogP contribution is 2.53. The van der Waals surface area contributed by atoms with Crippen molar-refractivity contribution >= 4 is 38.2 Å². The van der Waals surface area contributed by atoms with Gasteiger partial charge in [-0.3, -0.25) is 14.5 Å². The van der Waals surface area contributed by atoms with E-state index >= 15 is 0 Å². The van der Waals surface area contributed by atoms with Gasteiger partial charge in [0.15, 0.2) is 0 Å². The van der Waals surface area contributed by atoms with Gasteiger partial charge in [0.2, 0.25) is 10.0 Å². The topological polar surface area (TPSA) is 90.0 Å². The zero-order chi connectivity index (χ0) is 31.2. The van der Waals surface area contributed by atoms with Crippen LogP contribution in [0, 0.1) is 10.8 Å². The Labute approximate surface area is 261 Å². The van der Waals surface area contributed by atoms with Crippen LogP contribution in [0.2, 0.25) is 0 Å². The van der Waals surface area contributed by atoms with Gasteiger partial charge >= 0.3 is 0 Å². The van der Waals surface area contributed by atoms with Crippen molar-refractivity contribution in [1.29, 1.82) is 0 Å². The van der Waals surface area contributed by atoms with Crippen LogP contribution in [0.4, 0.5) is 5.00 Å². The van der Waals surface area contributed by atoms with E-state index in [1.807, 2.05) is 4.90 Å². The van der Waals surface area contributed by atoms with Crippen LogP contribution in [-0.4, -0.2) is 73.1 Å². The maximum Gasteiger partial charge on any atom is 0.257 e. The summed E-state index contributed by atoms with van der Waals surface area (Å²) < 4.78 is 29.2. The van der Waals surface area contributed by atoms with Crippen molar-refractivity contribution in [2.24, 2.45) is 10.8 Å². The number of carbonyl (C=O) groups excluding carboxylic acids is 2. The summed E-state index contributed by atoms with van der Waals surface area (Å²) >= 11 is 1.49. The van der Waals surface area contributed by atoms with Gasteiger partial charge in [-0.1, -0.05) is 41.5 Å². The van der Waals surface area contributed by atoms with Crippen molar-refractivity contribution in [3.05, 3.63) is 45.8 Å². The van der Waals surface area contributed by atoms with Gasteiger partial charge in [0.05, 0.1) is 10.5 Å². The lowest BCUT2D eigenvalue weighted by molar-refractivity contribution is 0.0755. The molecule has 8 nitrogen and oxygen atoms in total. The number of benzene rings is 1. The highest BCUT2D eigenvalue weighted by atomic mass is 32.2. The van der Waals surface area contributed by atoms with Gasteiger partial charge in [-0.2, -0.15) is 4.31 Å². The smallest absolute Gasteiger partial charge is 0.257 e. The third-order valence-electron chi connectivity index (χ3n) is 9.39. The number of sulfonamides is 1. The number of thiophene rings is 1. The van der Waals surface area contributed by atoms with Gasteiger partial charge < -0.3 is 10.2 Å². The molecular formula is C33H48N4O4S2. The quantitative estimate of drug-likeness (QED) is 0.337. The van der Waals surface area contributed by atoms with Crippen LogP contribution in [0.1, 0.15) is 105 Å². The van der Waals surface area contributed by atoms with E-state index in [4.69, 9.17) is 0 Å². The Hall–Kier alpha value is -2.27. The van der Waals surface area contributed by atoms with Crippen LogP contribution < -0.4 is 5.32 Å². The summed E-state index contributed by atoms with van der Waals surface area (Å²) in [7, 11) is -3.68. The minimum atomic E-state index is -3.68. The molecule has 3 aliphatic rings. The van der Waals surface area contributed by atoms with E-state index in [-0.39, 0.29) is 33.6 Å². The normalized spacial score (nSPS) is 23.6. The summed E-state index contributed by atoms with van der Waals surface area (Å²) in [5.74, 6) is -0.358. The lowest BCUT2D eigenvalue weighted by Crippen LogP contribution is -2.37. The average molecular weight is 629 g/mol. The molecule has 0 radical (unpaired) electrons. The van der Waals surface area contributed by atoms with Crippen molar-refractivity contribution in [2.75, 3.05) is 38.0 Å². The number of fused-ring (bicyclic) bond motifs is 3. The maximum atomic E-state index is 13.9. The molecule has 5 rings (SSSR count). The Balaban J connectivity index is 1.38. The molecule has 1 aliphatic carbocycles. The van der Waals surface area contributed by atoms with E-state index in [0.717, 1.165) is 68.6 Å². The number of anilines is 1. The molecule has 1 aromatic carbocycles. The molecule has 2 aromatic rings. The van der Waals surface area contributed by atoms with Crippen LogP contribution in [0.3, 0.4) is 0 Å². The molecule has 3 heterocycles. The Morgan fingerprint density at radius 3 is 2.35 bits per heavy atom. The minimum Gasteiger partial charge on any atom is -0.339 e. The highest BCUT2D eigenvalue weighted by molar-refractivity contribution is 7.89. The third kappa shape index (κ3) is 6.44. The minimum absolute atomic E-state index is 0.00570. The van der Waals surface area contributed by atoms with E-state index in [2.05, 4.69) is 51.8 Å². The number of amides is 2. The molecular weight excluding hydrogens is 581 g/mol. The van der Waals surface area contributed by atoms with Crippen LogP contribution >= 0.6 is 11.3 Å². The number of likely N-dealkylation sites (N-methyl/N-ethyl adjacent to an activating group) is 1. The lowest BCUT2D eigenvalue weighted by atomic mass is 9.65. The van der Waals surface area contributed by atoms with Crippen molar-refractivity contribution in [3.63, 3.8) is 0 Å². The molecule has 2 fully saturated rings. The fourth-order valence-corrected chi connectivity index (χ4v) is 10.9. The summed E-state index contributed by atoms with van der Waals surface area (Å²) in [6.45, 7) is 17.4. The first-order valence-corrected chi connectivity index (χ1v) is 18.2. The van der Waals surface area contributed by atoms with E-state index in [1.165, 1.54) is 11.3 Å². The third-order valence-corrected chi connectivity index (χ3v) is 12.4. The van der Waals surface area contributed by atoms with Crippen molar-refractivity contribution in [1.82, 2.24) is 14.1 Å². The Morgan fingerprint density at radius 1 is 1.05 bits per heavy atom. The molecule has 2 aliphatic heterocycles. The predicted octanol–water partition coefficient (Wildman–Crippen LogP) is 6.23. The SMILES string of the molecule is CCCN(CCC)C(=O)c1c(NC(=O)c2ccc(S(=O)(=O)N3CC4(C)CC3CC(C)(C)C4)cc2)sc2c1CCN(CC)C2. The summed E-state index contributed by atoms with van der Waals surface area (Å²) in [5, 5.41) is 3.64. The first-order chi connectivity index (χ1) is 20.3. The van der Waals surface area contributed by atoms with Gasteiger partial charge in [0.25, 0.3) is 11.8 Å². The molecule has 1 aromatic heterocycles. The molecule has 0 spiro atoms. The first kappa shape index (κ1) is 32.1. The first-order valence-electron chi connectivity index (χ1n) is 15.9. The molecule has 43 heavy (non-hydrogen) atoms. The number of rotatable bonds is 10. The second-order valence-electron chi connectivity index (χ2n) is 13.9. The Bertz CT molecular complexity index is 1460. The number of hydrogen-bond acceptors (Lipinski definition) is 6. The van der Waals surface area contributed by atoms with Crippen LogP contribution in [-0.2, 0) is 23.0 Å². The van der Waals surface area contributed by atoms with E-state index in [0.29, 0.717) is 35.8 Å². The molecule has 10 heteroatoms. The Kier molecular flexibility index (Phi) is 9.16. The van der Waals surface area contributed by atoms with Crippen molar-refractivity contribution in [3.8, 4) is 0 Å². The summed E-state index contributed by atoms with van der Waals surface area (Å²) in [6.07, 6.45) is 5.29. The van der Waals surface area contributed by atoms with Gasteiger partial charge in [-0.25, -0.2) is 8.42 Å². The maximum absolute atomic E-state index is 13.9. The lowest BCUT2D eigenvalue weighted by Gasteiger charge is -2.39. The predicted molar refractivity (Wildman–Crippen MR) is 173 cm³/mol. The molecule has 1 N–H and O–H groups in total. The fraction of sp³-hybridized carbons (Fsp3) is 0.636. The zero-order valence-corrected chi connectivity index (χ0v) is 28.3. The van der Waals surface area contributed by atoms with Crippen LogP contribution in [0.5, 0.6) is 0 Å². The number of carbonyl (C=O) groups is 2. The average Bonchev–Trinajstić information content (AvgIpc) is 3.44. The largest absolute Gasteiger partial charge is 0.339 e. The van der Waals surface area contributed by atoms with Crippen LogP contribution in [0.25, 0.3) is 0 Å². The molecule has 1 saturated heterocycles. The monoisotopic (exact) mass is 628 g/mol. The Morgan fingerprint density at radius 2 is 1.72 bits per heavy atom. The van der Waals surface area contributed by atoms with Crippen molar-refractivity contribution in [2.45, 2.75) is 97.5 Å². The van der Waals surface area contributed by atoms with Crippen LogP contribution in [0.15, 0.2) is 29.2 Å². The zero-order valence-electron chi connectivity index (χ0n) is 26.7. The number of hydrogen-bond donors (Lipinski definition) is 1. The van der Waals surface area contributed by atoms with E-state index in [9.17, 15) is 18.0 Å². The molecule has 2 bridgehead atoms. The molecule has 2 atom stereocenters. The number of nitrogens with one attached hydrogen (secondary N) is 1. The van der Waals surface area contributed by atoms with Gasteiger partial charge in [-0.05, 0) is 85.7 Å². The summed E-state index contributed by atoms with van der Waals surface area (Å²) in [4.78, 5) is 33.0. The van der Waals surface area contributed by atoms with Gasteiger partial charge in [0.1, 0.15) is 5.00 Å². The van der Waals surface area contributed by atoms with Crippen molar-refractivity contribution < 1.29 is 18.0 Å². The standard InChI is InChI=1S/C33H48N4O4S2/c1-7-15-36(16-8-2)31(39)28-26-14-17-35(9-3)20-27(26)42-30(28)34-29(38)23-10-12-25(13-11-23)43(40,41)37-22-33(6)19-24(37)18-32(4,5)21-33/h10-13,24H,7-9,14-22H2,1-6H3,(H,34,38). The molecule has 1 saturated carbocycles. The molecule has 236 valence electrons. The summed E-state index contributed by atoms with van der Waals surface area (Å²) in [6, 6.07) is 6.28. The van der Waals surface area contributed by atoms with E-state index in [1.54, 1.807) is 28.6 Å². The summed E-state index contributed by atoms with van der Waals surface area (Å²) in [5.41, 5.74) is 2.16. The van der Waals surface area contributed by atoms with E-state index < -0.39 is 10.0 Å². The van der Waals surface area contributed by atoms with Gasteiger partial charge in [-0.15, -0.1) is 11.3 Å². The molecule has 2 amide bonds. The highest BCUT2D eigenvalue weighted by Gasteiger charge is 2.53. The number of nitrogens with zero attached hydrogens (tertiary/aromatic N) is 3. The van der Waals surface area contributed by atoms with Gasteiger partial charge in [0, 0.05) is 49.2 Å². The fourth-order valence-electron chi connectivity index (χ4n) is 7.83. The second kappa shape index (κ2) is 12.3. The second-order valence-corrected chi connectivity index (χ2v) is 16.9. The molecule has 2 unspecified atom stereocenters.